The van der Waals surface area contributed by atoms with Gasteiger partial charge in [0.1, 0.15) is 11.8 Å². The molecular formula is C23H41N3O3. The van der Waals surface area contributed by atoms with Gasteiger partial charge in [0.2, 0.25) is 11.8 Å². The molecule has 0 bridgehead atoms. The highest BCUT2D eigenvalue weighted by Gasteiger charge is 2.40. The lowest BCUT2D eigenvalue weighted by molar-refractivity contribution is -0.152. The van der Waals surface area contributed by atoms with Gasteiger partial charge in [-0.1, -0.05) is 27.7 Å². The number of carbonyl (C=O) groups excluding carboxylic acids is 3. The van der Waals surface area contributed by atoms with Crippen LogP contribution >= 0.6 is 0 Å². The third-order valence-corrected chi connectivity index (χ3v) is 6.23. The van der Waals surface area contributed by atoms with Crippen molar-refractivity contribution >= 4 is 17.6 Å². The van der Waals surface area contributed by atoms with Gasteiger partial charge < -0.3 is 19.9 Å². The van der Waals surface area contributed by atoms with Crippen LogP contribution in [0.5, 0.6) is 0 Å². The van der Waals surface area contributed by atoms with E-state index in [0.29, 0.717) is 43.7 Å². The zero-order valence-electron chi connectivity index (χ0n) is 19.2. The van der Waals surface area contributed by atoms with Crippen molar-refractivity contribution in [1.29, 1.82) is 0 Å². The highest BCUT2D eigenvalue weighted by Crippen LogP contribution is 2.28. The molecule has 0 radical (unpaired) electrons. The average Bonchev–Trinajstić information content (AvgIpc) is 2.60. The predicted octanol–water partition coefficient (Wildman–Crippen LogP) is 2.85. The van der Waals surface area contributed by atoms with Crippen LogP contribution in [-0.4, -0.2) is 65.2 Å². The molecule has 2 rings (SSSR count). The number of piperidine rings is 1. The molecule has 0 aromatic carbocycles. The van der Waals surface area contributed by atoms with E-state index in [1.54, 1.807) is 6.92 Å². The van der Waals surface area contributed by atoms with Crippen molar-refractivity contribution in [3.05, 3.63) is 0 Å². The second-order valence-electron chi connectivity index (χ2n) is 9.99. The number of nitrogens with one attached hydrogen (secondary N) is 1. The Morgan fingerprint density at radius 3 is 2.38 bits per heavy atom. The number of hydrogen-bond acceptors (Lipinski definition) is 4. The molecule has 4 atom stereocenters. The summed E-state index contributed by atoms with van der Waals surface area (Å²) in [6.45, 7) is 14.2. The third kappa shape index (κ3) is 6.53. The topological polar surface area (TPSA) is 69.7 Å². The second-order valence-corrected chi connectivity index (χ2v) is 9.99. The van der Waals surface area contributed by atoms with Gasteiger partial charge in [-0.3, -0.25) is 9.59 Å². The standard InChI is InChI=1S/C23H41N3O3/c1-15(2)11-20-22(28)26(10-8-24-20)21(12-16(3)4)23(29)25-9-7-19(13-17(25)5)14-18(6)27/h15-17,19-21,24H,7-14H2,1-6H3/t17-,19+,20-,21-/m0/s1. The van der Waals surface area contributed by atoms with E-state index < -0.39 is 0 Å². The molecule has 0 aromatic heterocycles. The van der Waals surface area contributed by atoms with Crippen LogP contribution in [0.2, 0.25) is 0 Å². The summed E-state index contributed by atoms with van der Waals surface area (Å²) >= 11 is 0. The van der Waals surface area contributed by atoms with Crippen molar-refractivity contribution < 1.29 is 14.4 Å². The fraction of sp³-hybridized carbons (Fsp3) is 0.870. The molecule has 0 aromatic rings. The molecule has 2 heterocycles. The van der Waals surface area contributed by atoms with Crippen LogP contribution in [0.4, 0.5) is 0 Å². The van der Waals surface area contributed by atoms with Crippen LogP contribution in [0.3, 0.4) is 0 Å². The minimum Gasteiger partial charge on any atom is -0.338 e. The molecule has 2 aliphatic heterocycles. The molecule has 2 saturated heterocycles. The van der Waals surface area contributed by atoms with Crippen LogP contribution in [0.1, 0.15) is 73.6 Å². The van der Waals surface area contributed by atoms with Gasteiger partial charge in [0.15, 0.2) is 0 Å². The SMILES string of the molecule is CC(=O)C[C@@H]1CCN(C(=O)[C@H](CC(C)C)N2CCN[C@@H](CC(C)C)C2=O)[C@@H](C)C1. The summed E-state index contributed by atoms with van der Waals surface area (Å²) in [5.41, 5.74) is 0. The minimum atomic E-state index is -0.383. The summed E-state index contributed by atoms with van der Waals surface area (Å²) in [6, 6.07) is -0.462. The van der Waals surface area contributed by atoms with Crippen molar-refractivity contribution in [3.63, 3.8) is 0 Å². The Kier molecular flexibility index (Phi) is 8.68. The van der Waals surface area contributed by atoms with Gasteiger partial charge in [0, 0.05) is 32.1 Å². The number of nitrogens with zero attached hydrogens (tertiary/aromatic N) is 2. The number of rotatable bonds is 8. The molecule has 2 amide bonds. The van der Waals surface area contributed by atoms with Gasteiger partial charge >= 0.3 is 0 Å². The zero-order valence-corrected chi connectivity index (χ0v) is 19.2. The van der Waals surface area contributed by atoms with Crippen LogP contribution in [0, 0.1) is 17.8 Å². The Morgan fingerprint density at radius 1 is 1.14 bits per heavy atom. The zero-order chi connectivity index (χ0) is 21.7. The van der Waals surface area contributed by atoms with E-state index in [4.69, 9.17) is 0 Å². The van der Waals surface area contributed by atoms with Crippen LogP contribution < -0.4 is 5.32 Å². The van der Waals surface area contributed by atoms with E-state index in [0.717, 1.165) is 25.8 Å². The predicted molar refractivity (Wildman–Crippen MR) is 115 cm³/mol. The van der Waals surface area contributed by atoms with Crippen LogP contribution in [-0.2, 0) is 14.4 Å². The van der Waals surface area contributed by atoms with E-state index in [9.17, 15) is 14.4 Å². The molecule has 1 N–H and O–H groups in total. The summed E-state index contributed by atoms with van der Waals surface area (Å²) in [4.78, 5) is 42.1. The first kappa shape index (κ1) is 23.8. The lowest BCUT2D eigenvalue weighted by Crippen LogP contribution is -2.62. The highest BCUT2D eigenvalue weighted by molar-refractivity contribution is 5.90. The first-order valence-corrected chi connectivity index (χ1v) is 11.4. The summed E-state index contributed by atoms with van der Waals surface area (Å²) in [6.07, 6.45) is 3.83. The molecule has 6 nitrogen and oxygen atoms in total. The summed E-state index contributed by atoms with van der Waals surface area (Å²) in [5, 5.41) is 3.34. The largest absolute Gasteiger partial charge is 0.338 e. The number of hydrogen-bond donors (Lipinski definition) is 1. The normalized spacial score (nSPS) is 26.9. The molecule has 2 fully saturated rings. The number of Topliss-reactive ketones (excluding diaryl/α,β-unsaturated/α-hetero) is 1. The molecule has 0 unspecified atom stereocenters. The molecule has 0 saturated carbocycles. The Hall–Kier alpha value is -1.43. The van der Waals surface area contributed by atoms with Crippen molar-refractivity contribution in [3.8, 4) is 0 Å². The molecule has 6 heteroatoms. The van der Waals surface area contributed by atoms with Gasteiger partial charge in [0.05, 0.1) is 6.04 Å². The molecule has 0 spiro atoms. The highest BCUT2D eigenvalue weighted by atomic mass is 16.2. The maximum absolute atomic E-state index is 13.6. The van der Waals surface area contributed by atoms with Crippen LogP contribution in [0.25, 0.3) is 0 Å². The van der Waals surface area contributed by atoms with Gasteiger partial charge in [-0.05, 0) is 57.3 Å². The number of ketones is 1. The van der Waals surface area contributed by atoms with Gasteiger partial charge in [-0.15, -0.1) is 0 Å². The first-order chi connectivity index (χ1) is 13.6. The number of piperazine rings is 1. The Labute approximate surface area is 176 Å². The monoisotopic (exact) mass is 407 g/mol. The summed E-state index contributed by atoms with van der Waals surface area (Å²) < 4.78 is 0. The van der Waals surface area contributed by atoms with Crippen LogP contribution in [0.15, 0.2) is 0 Å². The van der Waals surface area contributed by atoms with E-state index >= 15 is 0 Å². The second kappa shape index (κ2) is 10.6. The lowest BCUT2D eigenvalue weighted by atomic mass is 9.87. The molecule has 29 heavy (non-hydrogen) atoms. The van der Waals surface area contributed by atoms with E-state index in [2.05, 4.69) is 39.9 Å². The molecular weight excluding hydrogens is 366 g/mol. The molecule has 166 valence electrons. The number of carbonyl (C=O) groups is 3. The third-order valence-electron chi connectivity index (χ3n) is 6.23. The van der Waals surface area contributed by atoms with Crippen molar-refractivity contribution in [2.45, 2.75) is 91.8 Å². The van der Waals surface area contributed by atoms with Gasteiger partial charge in [0.25, 0.3) is 0 Å². The van der Waals surface area contributed by atoms with Crippen molar-refractivity contribution in [2.24, 2.45) is 17.8 Å². The van der Waals surface area contributed by atoms with Crippen molar-refractivity contribution in [1.82, 2.24) is 15.1 Å². The Bertz CT molecular complexity index is 590. The van der Waals surface area contributed by atoms with Gasteiger partial charge in [-0.2, -0.15) is 0 Å². The number of likely N-dealkylation sites (tertiary alicyclic amines) is 1. The number of amides is 2. The molecule has 2 aliphatic rings. The minimum absolute atomic E-state index is 0.0723. The maximum Gasteiger partial charge on any atom is 0.245 e. The van der Waals surface area contributed by atoms with E-state index in [1.807, 2.05) is 9.80 Å². The molecule has 0 aliphatic carbocycles. The van der Waals surface area contributed by atoms with E-state index in [-0.39, 0.29) is 35.7 Å². The maximum atomic E-state index is 13.6. The Balaban J connectivity index is 2.14. The fourth-order valence-electron chi connectivity index (χ4n) is 4.91. The quantitative estimate of drug-likeness (QED) is 0.672. The smallest absolute Gasteiger partial charge is 0.245 e. The average molecular weight is 408 g/mol. The summed E-state index contributed by atoms with van der Waals surface area (Å²) in [7, 11) is 0. The fourth-order valence-corrected chi connectivity index (χ4v) is 4.91. The summed E-state index contributed by atoms with van der Waals surface area (Å²) in [5.74, 6) is 1.51. The Morgan fingerprint density at radius 2 is 1.83 bits per heavy atom. The van der Waals surface area contributed by atoms with E-state index in [1.165, 1.54) is 0 Å². The lowest BCUT2D eigenvalue weighted by Gasteiger charge is -2.44. The van der Waals surface area contributed by atoms with Crippen molar-refractivity contribution in [2.75, 3.05) is 19.6 Å². The van der Waals surface area contributed by atoms with Gasteiger partial charge in [-0.25, -0.2) is 0 Å². The first-order valence-electron chi connectivity index (χ1n) is 11.4.